The summed E-state index contributed by atoms with van der Waals surface area (Å²) in [7, 11) is 0.350. The fourth-order valence-electron chi connectivity index (χ4n) is 0.339. The molecule has 0 heterocycles. The predicted octanol–water partition coefficient (Wildman–Crippen LogP) is 1.41. The summed E-state index contributed by atoms with van der Waals surface area (Å²) in [5.74, 6) is -0.207. The van der Waals surface area contributed by atoms with Crippen molar-refractivity contribution >= 4 is 25.2 Å². The van der Waals surface area contributed by atoms with E-state index in [2.05, 4.69) is 4.74 Å². The number of ether oxygens (including phenoxy) is 1. The van der Waals surface area contributed by atoms with Crippen molar-refractivity contribution in [2.24, 2.45) is 0 Å². The minimum atomic E-state index is -1.03. The van der Waals surface area contributed by atoms with Crippen LogP contribution in [0.3, 0.4) is 0 Å². The zero-order chi connectivity index (χ0) is 7.44. The second-order valence-electron chi connectivity index (χ2n) is 1.83. The lowest BCUT2D eigenvalue weighted by Gasteiger charge is -2.07. The number of methoxy groups -OCH3 is 1. The largest absolute Gasteiger partial charge is 0.469 e. The molecule has 0 amide bonds. The topological polar surface area (TPSA) is 26.3 Å². The first kappa shape index (κ1) is 8.98. The Labute approximate surface area is 61.5 Å². The van der Waals surface area contributed by atoms with Crippen molar-refractivity contribution in [3.63, 3.8) is 0 Å². The van der Waals surface area contributed by atoms with E-state index in [4.69, 9.17) is 11.1 Å². The van der Waals surface area contributed by atoms with E-state index in [1.807, 2.05) is 6.55 Å². The summed E-state index contributed by atoms with van der Waals surface area (Å²) in [6.45, 7) is 3.65. The van der Waals surface area contributed by atoms with Crippen LogP contribution in [0.25, 0.3) is 0 Å². The van der Waals surface area contributed by atoms with E-state index in [1.54, 1.807) is 6.92 Å². The fourth-order valence-corrected chi connectivity index (χ4v) is 1.05. The van der Waals surface area contributed by atoms with Gasteiger partial charge in [0.25, 0.3) is 0 Å². The summed E-state index contributed by atoms with van der Waals surface area (Å²) < 4.78 is 4.48. The smallest absolute Gasteiger partial charge is 0.306 e. The fraction of sp³-hybridized carbons (Fsp3) is 0.800. The summed E-state index contributed by atoms with van der Waals surface area (Å²) in [6.07, 6.45) is 0. The third-order valence-corrected chi connectivity index (χ3v) is 3.56. The molecule has 0 spiro atoms. The molecule has 4 heteroatoms. The molecule has 0 aromatic rings. The van der Waals surface area contributed by atoms with Gasteiger partial charge in [0.1, 0.15) is 0 Å². The summed E-state index contributed by atoms with van der Waals surface area (Å²) in [4.78, 5) is 10.7. The van der Waals surface area contributed by atoms with Crippen molar-refractivity contribution < 1.29 is 9.53 Å². The van der Waals surface area contributed by atoms with Crippen LogP contribution in [0.1, 0.15) is 6.92 Å². The third-order valence-electron chi connectivity index (χ3n) is 1.15. The molecule has 0 aliphatic heterocycles. The predicted molar refractivity (Wildman–Crippen MR) is 38.9 cm³/mol. The van der Waals surface area contributed by atoms with Gasteiger partial charge in [0.2, 0.25) is 0 Å². The standard InChI is InChI=1S/C5H10ClO2Si/c1-4(9(3)6)5(7)8-2/h4H,1-3H3. The zero-order valence-electron chi connectivity index (χ0n) is 5.77. The molecule has 0 saturated carbocycles. The van der Waals surface area contributed by atoms with Crippen LogP contribution in [-0.2, 0) is 9.53 Å². The number of carbonyl (C=O) groups excluding carboxylic acids is 1. The van der Waals surface area contributed by atoms with Crippen molar-refractivity contribution in [2.75, 3.05) is 7.11 Å². The molecule has 1 unspecified atom stereocenters. The van der Waals surface area contributed by atoms with Gasteiger partial charge in [-0.2, -0.15) is 11.1 Å². The van der Waals surface area contributed by atoms with Crippen LogP contribution in [0.2, 0.25) is 12.1 Å². The van der Waals surface area contributed by atoms with Crippen molar-refractivity contribution in [3.05, 3.63) is 0 Å². The average Bonchev–Trinajstić information content (AvgIpc) is 1.84. The molecule has 0 N–H and O–H groups in total. The summed E-state index contributed by atoms with van der Waals surface area (Å²) in [6, 6.07) is 0. The van der Waals surface area contributed by atoms with Crippen LogP contribution in [0.4, 0.5) is 0 Å². The maximum Gasteiger partial charge on any atom is 0.306 e. The van der Waals surface area contributed by atoms with Crippen LogP contribution >= 0.6 is 11.1 Å². The first-order valence-electron chi connectivity index (χ1n) is 2.66. The summed E-state index contributed by atoms with van der Waals surface area (Å²) in [5, 5.41) is 0. The van der Waals surface area contributed by atoms with Crippen LogP contribution in [0.15, 0.2) is 0 Å². The van der Waals surface area contributed by atoms with Gasteiger partial charge in [0.15, 0.2) is 8.11 Å². The minimum absolute atomic E-state index is 0.110. The van der Waals surface area contributed by atoms with Crippen molar-refractivity contribution in [3.8, 4) is 0 Å². The van der Waals surface area contributed by atoms with Gasteiger partial charge in [-0.1, -0.05) is 13.5 Å². The Morgan fingerprint density at radius 3 is 2.33 bits per heavy atom. The van der Waals surface area contributed by atoms with Gasteiger partial charge in [-0.05, 0) is 0 Å². The van der Waals surface area contributed by atoms with Crippen LogP contribution in [-0.4, -0.2) is 21.2 Å². The maximum atomic E-state index is 10.7. The van der Waals surface area contributed by atoms with Crippen molar-refractivity contribution in [1.82, 2.24) is 0 Å². The van der Waals surface area contributed by atoms with E-state index >= 15 is 0 Å². The van der Waals surface area contributed by atoms with Crippen molar-refractivity contribution in [2.45, 2.75) is 19.0 Å². The Morgan fingerprint density at radius 2 is 2.22 bits per heavy atom. The molecule has 0 fully saturated rings. The van der Waals surface area contributed by atoms with E-state index in [0.717, 1.165) is 0 Å². The molecule has 0 rings (SSSR count). The summed E-state index contributed by atoms with van der Waals surface area (Å²) in [5.41, 5.74) is -0.110. The number of esters is 1. The zero-order valence-corrected chi connectivity index (χ0v) is 7.53. The molecule has 0 aliphatic carbocycles. The first-order valence-corrected chi connectivity index (χ1v) is 5.75. The highest BCUT2D eigenvalue weighted by Gasteiger charge is 2.20. The highest BCUT2D eigenvalue weighted by molar-refractivity contribution is 7.08. The van der Waals surface area contributed by atoms with Gasteiger partial charge >= 0.3 is 5.97 Å². The van der Waals surface area contributed by atoms with Gasteiger partial charge < -0.3 is 4.74 Å². The number of carbonyl (C=O) groups is 1. The van der Waals surface area contributed by atoms with Crippen LogP contribution in [0, 0.1) is 0 Å². The molecule has 2 nitrogen and oxygen atoms in total. The van der Waals surface area contributed by atoms with Gasteiger partial charge in [-0.25, -0.2) is 0 Å². The highest BCUT2D eigenvalue weighted by Crippen LogP contribution is 2.13. The molecule has 1 radical (unpaired) electrons. The Kier molecular flexibility index (Phi) is 3.89. The number of rotatable bonds is 2. The van der Waals surface area contributed by atoms with E-state index in [-0.39, 0.29) is 11.5 Å². The molecule has 1 atom stereocenters. The lowest BCUT2D eigenvalue weighted by molar-refractivity contribution is -0.140. The number of hydrogen-bond acceptors (Lipinski definition) is 2. The second-order valence-corrected chi connectivity index (χ2v) is 5.66. The highest BCUT2D eigenvalue weighted by atomic mass is 35.6. The van der Waals surface area contributed by atoms with E-state index in [9.17, 15) is 4.79 Å². The maximum absolute atomic E-state index is 10.7. The quantitative estimate of drug-likeness (QED) is 0.352. The van der Waals surface area contributed by atoms with Gasteiger partial charge in [0.05, 0.1) is 12.7 Å². The Hall–Kier alpha value is -0.0231. The second kappa shape index (κ2) is 3.90. The van der Waals surface area contributed by atoms with Crippen LogP contribution < -0.4 is 0 Å². The van der Waals surface area contributed by atoms with Gasteiger partial charge in [-0.15, -0.1) is 0 Å². The first-order chi connectivity index (χ1) is 4.09. The lowest BCUT2D eigenvalue weighted by atomic mass is 10.5. The SMILES string of the molecule is COC(=O)C(C)[Si](C)Cl. The number of halogens is 1. The van der Waals surface area contributed by atoms with Gasteiger partial charge in [0, 0.05) is 0 Å². The normalized spacial score (nSPS) is 13.4. The Bertz CT molecular complexity index is 105. The molecule has 9 heavy (non-hydrogen) atoms. The molecule has 53 valence electrons. The third kappa shape index (κ3) is 2.86. The minimum Gasteiger partial charge on any atom is -0.469 e. The molecule has 0 saturated heterocycles. The molecular formula is C5H10ClO2Si. The van der Waals surface area contributed by atoms with Crippen LogP contribution in [0.5, 0.6) is 0 Å². The van der Waals surface area contributed by atoms with E-state index in [1.165, 1.54) is 7.11 Å². The van der Waals surface area contributed by atoms with E-state index < -0.39 is 8.11 Å². The van der Waals surface area contributed by atoms with Gasteiger partial charge in [-0.3, -0.25) is 4.79 Å². The molecule has 0 aromatic carbocycles. The average molecular weight is 166 g/mol. The molecule has 0 aromatic heterocycles. The Balaban J connectivity index is 3.72. The lowest BCUT2D eigenvalue weighted by Crippen LogP contribution is -2.17. The summed E-state index contributed by atoms with van der Waals surface area (Å²) >= 11 is 5.70. The molecule has 0 bridgehead atoms. The van der Waals surface area contributed by atoms with Crippen molar-refractivity contribution in [1.29, 1.82) is 0 Å². The molecule has 0 aliphatic rings. The Morgan fingerprint density at radius 1 is 1.78 bits per heavy atom. The van der Waals surface area contributed by atoms with E-state index in [0.29, 0.717) is 0 Å². The monoisotopic (exact) mass is 165 g/mol. The number of hydrogen-bond donors (Lipinski definition) is 0. The molecular weight excluding hydrogens is 156 g/mol.